The van der Waals surface area contributed by atoms with Crippen LogP contribution >= 0.6 is 22.7 Å². The van der Waals surface area contributed by atoms with E-state index in [1.54, 1.807) is 34.9 Å². The molecule has 2 heterocycles. The molecule has 7 nitrogen and oxygen atoms in total. The minimum Gasteiger partial charge on any atom is -0.493 e. The van der Waals surface area contributed by atoms with E-state index < -0.39 is 11.8 Å². The molecule has 2 N–H and O–H groups in total. The molecule has 0 aliphatic rings. The number of amides is 2. The number of methoxy groups -OCH3 is 1. The molecule has 0 saturated carbocycles. The van der Waals surface area contributed by atoms with Crippen LogP contribution in [0.5, 0.6) is 11.5 Å². The third-order valence-electron chi connectivity index (χ3n) is 3.55. The highest BCUT2D eigenvalue weighted by molar-refractivity contribution is 7.20. The van der Waals surface area contributed by atoms with Crippen LogP contribution in [0.2, 0.25) is 0 Å². The van der Waals surface area contributed by atoms with Gasteiger partial charge in [-0.3, -0.25) is 20.4 Å². The highest BCUT2D eigenvalue weighted by Crippen LogP contribution is 2.29. The lowest BCUT2D eigenvalue weighted by atomic mass is 10.2. The Labute approximate surface area is 170 Å². The van der Waals surface area contributed by atoms with Crippen molar-refractivity contribution >= 4 is 34.5 Å². The molecule has 0 saturated heterocycles. The number of hydrogen-bond donors (Lipinski definition) is 2. The number of thiophene rings is 1. The highest BCUT2D eigenvalue weighted by Gasteiger charge is 2.15. The van der Waals surface area contributed by atoms with Crippen molar-refractivity contribution in [2.24, 2.45) is 0 Å². The molecule has 0 spiro atoms. The van der Waals surface area contributed by atoms with Crippen molar-refractivity contribution in [1.29, 1.82) is 0 Å². The predicted octanol–water partition coefficient (Wildman–Crippen LogP) is 3.74. The summed E-state index contributed by atoms with van der Waals surface area (Å²) in [5.74, 6) is 0.0185. The predicted molar refractivity (Wildman–Crippen MR) is 109 cm³/mol. The first-order chi connectivity index (χ1) is 13.5. The molecule has 9 heteroatoms. The normalized spacial score (nSPS) is 10.6. The molecular formula is C19H19N3O4S2. The summed E-state index contributed by atoms with van der Waals surface area (Å²) in [4.78, 5) is 29.9. The summed E-state index contributed by atoms with van der Waals surface area (Å²) in [5.41, 5.74) is 5.33. The van der Waals surface area contributed by atoms with Crippen molar-refractivity contribution in [3.05, 3.63) is 52.3 Å². The van der Waals surface area contributed by atoms with E-state index >= 15 is 0 Å². The van der Waals surface area contributed by atoms with Gasteiger partial charge in [-0.15, -0.1) is 22.7 Å². The van der Waals surface area contributed by atoms with Crippen molar-refractivity contribution in [3.63, 3.8) is 0 Å². The van der Waals surface area contributed by atoms with Crippen molar-refractivity contribution in [3.8, 4) is 21.4 Å². The molecule has 28 heavy (non-hydrogen) atoms. The highest BCUT2D eigenvalue weighted by atomic mass is 32.1. The fourth-order valence-electron chi connectivity index (χ4n) is 2.30. The minimum atomic E-state index is -0.487. The fraction of sp³-hybridized carbons (Fsp3) is 0.211. The number of hydrazine groups is 1. The topological polar surface area (TPSA) is 89.6 Å². The van der Waals surface area contributed by atoms with E-state index in [2.05, 4.69) is 15.8 Å². The molecule has 3 aromatic rings. The first kappa shape index (κ1) is 19.8. The molecule has 0 unspecified atom stereocenters. The number of carbonyl (C=O) groups is 2. The molecule has 0 bridgehead atoms. The van der Waals surface area contributed by atoms with Crippen molar-refractivity contribution in [2.75, 3.05) is 7.11 Å². The Morgan fingerprint density at radius 2 is 1.86 bits per heavy atom. The Kier molecular flexibility index (Phi) is 6.27. The molecule has 0 atom stereocenters. The molecule has 0 aliphatic heterocycles. The molecule has 3 rings (SSSR count). The Morgan fingerprint density at radius 1 is 1.07 bits per heavy atom. The second kappa shape index (κ2) is 8.85. The summed E-state index contributed by atoms with van der Waals surface area (Å²) in [6.07, 6.45) is -0.0231. The Hall–Kier alpha value is -2.91. The SMILES string of the molecule is COc1cc(C(=O)NNC(=O)c2csc(-c3cccs3)n2)ccc1OC(C)C. The average Bonchev–Trinajstić information content (AvgIpc) is 3.37. The largest absolute Gasteiger partial charge is 0.493 e. The quantitative estimate of drug-likeness (QED) is 0.597. The van der Waals surface area contributed by atoms with Crippen LogP contribution in [0.4, 0.5) is 0 Å². The van der Waals surface area contributed by atoms with Gasteiger partial charge < -0.3 is 9.47 Å². The lowest BCUT2D eigenvalue weighted by Crippen LogP contribution is -2.41. The van der Waals surface area contributed by atoms with E-state index in [0.29, 0.717) is 17.1 Å². The van der Waals surface area contributed by atoms with Gasteiger partial charge in [0.1, 0.15) is 10.7 Å². The lowest BCUT2D eigenvalue weighted by molar-refractivity contribution is 0.0844. The zero-order valence-electron chi connectivity index (χ0n) is 15.5. The zero-order chi connectivity index (χ0) is 20.1. The number of thiazole rings is 1. The van der Waals surface area contributed by atoms with Crippen LogP contribution in [0, 0.1) is 0 Å². The molecule has 2 aromatic heterocycles. The fourth-order valence-corrected chi connectivity index (χ4v) is 3.92. The van der Waals surface area contributed by atoms with Gasteiger partial charge in [0.05, 0.1) is 18.1 Å². The van der Waals surface area contributed by atoms with E-state index in [-0.39, 0.29) is 11.8 Å². The first-order valence-electron chi connectivity index (χ1n) is 8.42. The van der Waals surface area contributed by atoms with Gasteiger partial charge in [-0.2, -0.15) is 0 Å². The zero-order valence-corrected chi connectivity index (χ0v) is 17.1. The molecule has 1 aromatic carbocycles. The van der Waals surface area contributed by atoms with Crippen LogP contribution in [-0.4, -0.2) is 30.0 Å². The number of nitrogens with one attached hydrogen (secondary N) is 2. The van der Waals surface area contributed by atoms with Crippen LogP contribution < -0.4 is 20.3 Å². The molecule has 146 valence electrons. The summed E-state index contributed by atoms with van der Waals surface area (Å²) in [5, 5.41) is 4.36. The molecule has 0 aliphatic carbocycles. The van der Waals surface area contributed by atoms with Crippen LogP contribution in [0.3, 0.4) is 0 Å². The lowest BCUT2D eigenvalue weighted by Gasteiger charge is -2.14. The van der Waals surface area contributed by atoms with Crippen LogP contribution in [0.1, 0.15) is 34.7 Å². The summed E-state index contributed by atoms with van der Waals surface area (Å²) >= 11 is 2.92. The Morgan fingerprint density at radius 3 is 2.54 bits per heavy atom. The average molecular weight is 418 g/mol. The molecule has 0 fully saturated rings. The van der Waals surface area contributed by atoms with Crippen LogP contribution in [-0.2, 0) is 0 Å². The van der Waals surface area contributed by atoms with Gasteiger partial charge in [-0.25, -0.2) is 4.98 Å². The smallest absolute Gasteiger partial charge is 0.289 e. The van der Waals surface area contributed by atoms with Gasteiger partial charge in [0.15, 0.2) is 11.5 Å². The van der Waals surface area contributed by atoms with E-state index in [1.165, 1.54) is 18.4 Å². The maximum atomic E-state index is 12.3. The summed E-state index contributed by atoms with van der Waals surface area (Å²) in [6.45, 7) is 3.80. The maximum absolute atomic E-state index is 12.3. The van der Waals surface area contributed by atoms with Gasteiger partial charge in [0.25, 0.3) is 11.8 Å². The van der Waals surface area contributed by atoms with E-state index in [1.807, 2.05) is 31.4 Å². The van der Waals surface area contributed by atoms with Gasteiger partial charge >= 0.3 is 0 Å². The molecular weight excluding hydrogens is 398 g/mol. The number of rotatable bonds is 6. The number of ether oxygens (including phenoxy) is 2. The van der Waals surface area contributed by atoms with Gasteiger partial charge in [0, 0.05) is 10.9 Å². The minimum absolute atomic E-state index is 0.0231. The summed E-state index contributed by atoms with van der Waals surface area (Å²) in [7, 11) is 1.50. The van der Waals surface area contributed by atoms with Crippen molar-refractivity contribution in [2.45, 2.75) is 20.0 Å². The molecule has 0 radical (unpaired) electrons. The number of nitrogens with zero attached hydrogens (tertiary/aromatic N) is 1. The Bertz CT molecular complexity index is 967. The number of carbonyl (C=O) groups excluding carboxylic acids is 2. The van der Waals surface area contributed by atoms with E-state index in [4.69, 9.17) is 9.47 Å². The van der Waals surface area contributed by atoms with Crippen LogP contribution in [0.15, 0.2) is 41.1 Å². The summed E-state index contributed by atoms with van der Waals surface area (Å²) in [6, 6.07) is 8.67. The van der Waals surface area contributed by atoms with Gasteiger partial charge in [-0.05, 0) is 43.5 Å². The number of aromatic nitrogens is 1. The van der Waals surface area contributed by atoms with Crippen LogP contribution in [0.25, 0.3) is 9.88 Å². The number of hydrogen-bond acceptors (Lipinski definition) is 7. The van der Waals surface area contributed by atoms with Gasteiger partial charge in [-0.1, -0.05) is 6.07 Å². The monoisotopic (exact) mass is 417 g/mol. The second-order valence-corrected chi connectivity index (χ2v) is 7.76. The van der Waals surface area contributed by atoms with E-state index in [9.17, 15) is 9.59 Å². The second-order valence-electron chi connectivity index (χ2n) is 5.96. The standard InChI is InChI=1S/C19H19N3O4S2/c1-11(2)26-14-7-6-12(9-15(14)25-3)17(23)21-22-18(24)13-10-28-19(20-13)16-5-4-8-27-16/h4-11H,1-3H3,(H,21,23)(H,22,24). The summed E-state index contributed by atoms with van der Waals surface area (Å²) < 4.78 is 10.9. The van der Waals surface area contributed by atoms with Gasteiger partial charge in [0.2, 0.25) is 0 Å². The molecule has 2 amide bonds. The Balaban J connectivity index is 1.63. The number of benzene rings is 1. The van der Waals surface area contributed by atoms with Crippen molar-refractivity contribution < 1.29 is 19.1 Å². The first-order valence-corrected chi connectivity index (χ1v) is 10.2. The van der Waals surface area contributed by atoms with E-state index in [0.717, 1.165) is 9.88 Å². The maximum Gasteiger partial charge on any atom is 0.289 e. The van der Waals surface area contributed by atoms with Crippen molar-refractivity contribution in [1.82, 2.24) is 15.8 Å². The third-order valence-corrected chi connectivity index (χ3v) is 5.43. The third kappa shape index (κ3) is 4.68.